The normalized spacial score (nSPS) is 15.8. The molecule has 0 radical (unpaired) electrons. The molecule has 0 aromatic heterocycles. The van der Waals surface area contributed by atoms with E-state index in [2.05, 4.69) is 10.6 Å². The predicted octanol–water partition coefficient (Wildman–Crippen LogP) is -0.440. The van der Waals surface area contributed by atoms with Gasteiger partial charge in [0.25, 0.3) is 11.8 Å². The highest BCUT2D eigenvalue weighted by Gasteiger charge is 2.45. The van der Waals surface area contributed by atoms with E-state index in [4.69, 9.17) is 33.5 Å². The van der Waals surface area contributed by atoms with Crippen LogP contribution in [0.3, 0.4) is 0 Å². The molecule has 3 rings (SSSR count). The summed E-state index contributed by atoms with van der Waals surface area (Å²) < 4.78 is 31.8. The van der Waals surface area contributed by atoms with E-state index in [0.717, 1.165) is 4.90 Å². The number of nitrogens with one attached hydrogen (secondary N) is 2. The van der Waals surface area contributed by atoms with Crippen molar-refractivity contribution in [1.29, 1.82) is 0 Å². The Morgan fingerprint density at radius 2 is 1.36 bits per heavy atom. The molecule has 1 unspecified atom stereocenters. The second-order valence-corrected chi connectivity index (χ2v) is 10.1. The molecule has 0 saturated carbocycles. The molecule has 17 nitrogen and oxygen atoms in total. The van der Waals surface area contributed by atoms with Crippen molar-refractivity contribution in [2.24, 2.45) is 0 Å². The van der Waals surface area contributed by atoms with Crippen LogP contribution in [0.25, 0.3) is 0 Å². The first-order valence-electron chi connectivity index (χ1n) is 15.1. The molecule has 3 N–H and O–H groups in total. The van der Waals surface area contributed by atoms with Crippen molar-refractivity contribution in [2.75, 3.05) is 84.5 Å². The maximum Gasteiger partial charge on any atom is 0.372 e. The van der Waals surface area contributed by atoms with Gasteiger partial charge in [-0.3, -0.25) is 39.0 Å². The molecule has 2 heterocycles. The molecule has 0 aliphatic carbocycles. The molecule has 1 aromatic carbocycles. The number of aliphatic carboxylic acids is 1. The minimum absolute atomic E-state index is 0.0135. The van der Waals surface area contributed by atoms with Crippen LogP contribution in [0.15, 0.2) is 18.2 Å². The topological polar surface area (TPSA) is 222 Å². The standard InChI is InChI=1S/C30H39N3O14/c34-23(30(40)41)5-7-25(36)47-19-18-46-17-16-45-15-14-44-13-12-43-11-10-42-9-8-31-21-3-1-2-20-26(21)29(39)33(28(20)38)22-4-6-24(35)32-27(22)37/h1-3,22,31H,4-19H2,(H,40,41)(H,32,35,37). The summed E-state index contributed by atoms with van der Waals surface area (Å²) in [6, 6.07) is 3.82. The van der Waals surface area contributed by atoms with Gasteiger partial charge in [0.05, 0.1) is 83.6 Å². The quantitative estimate of drug-likeness (QED) is 0.0551. The minimum atomic E-state index is -1.58. The van der Waals surface area contributed by atoms with Crippen LogP contribution in [0.4, 0.5) is 5.69 Å². The molecule has 1 atom stereocenters. The Morgan fingerprint density at radius 1 is 0.787 bits per heavy atom. The van der Waals surface area contributed by atoms with E-state index in [-0.39, 0.29) is 50.2 Å². The first-order chi connectivity index (χ1) is 22.7. The van der Waals surface area contributed by atoms with Crippen LogP contribution >= 0.6 is 0 Å². The van der Waals surface area contributed by atoms with Crippen LogP contribution < -0.4 is 10.6 Å². The number of esters is 1. The number of hydrogen-bond donors (Lipinski definition) is 3. The van der Waals surface area contributed by atoms with Gasteiger partial charge in [-0.2, -0.15) is 0 Å². The van der Waals surface area contributed by atoms with Crippen LogP contribution in [0.1, 0.15) is 46.4 Å². The SMILES string of the molecule is O=C1CCC(N2C(=O)c3cccc(NCCOCCOCCOCCOCCOCCOC(=O)CCC(=O)C(=O)O)c3C2=O)C(=O)N1. The van der Waals surface area contributed by atoms with Crippen molar-refractivity contribution < 1.29 is 67.1 Å². The minimum Gasteiger partial charge on any atom is -0.476 e. The maximum absolute atomic E-state index is 13.1. The zero-order valence-corrected chi connectivity index (χ0v) is 25.8. The van der Waals surface area contributed by atoms with E-state index in [9.17, 15) is 33.6 Å². The second-order valence-electron chi connectivity index (χ2n) is 10.1. The highest BCUT2D eigenvalue weighted by Crippen LogP contribution is 2.32. The highest BCUT2D eigenvalue weighted by molar-refractivity contribution is 6.32. The van der Waals surface area contributed by atoms with E-state index in [1.807, 2.05) is 0 Å². The number of carbonyl (C=O) groups is 7. The lowest BCUT2D eigenvalue weighted by atomic mass is 10.0. The van der Waals surface area contributed by atoms with Crippen molar-refractivity contribution >= 4 is 47.0 Å². The molecule has 47 heavy (non-hydrogen) atoms. The number of nitrogens with zero attached hydrogens (tertiary/aromatic N) is 1. The Kier molecular flexibility index (Phi) is 15.9. The first-order valence-corrected chi connectivity index (χ1v) is 15.1. The number of imide groups is 2. The lowest BCUT2D eigenvalue weighted by Crippen LogP contribution is -2.54. The molecule has 17 heteroatoms. The van der Waals surface area contributed by atoms with E-state index < -0.39 is 53.8 Å². The molecule has 0 bridgehead atoms. The van der Waals surface area contributed by atoms with Crippen LogP contribution in [-0.2, 0) is 52.4 Å². The smallest absolute Gasteiger partial charge is 0.372 e. The van der Waals surface area contributed by atoms with Crippen LogP contribution in [0, 0.1) is 0 Å². The Balaban J connectivity index is 1.13. The number of benzene rings is 1. The zero-order valence-electron chi connectivity index (χ0n) is 25.8. The number of piperidine rings is 1. The number of ether oxygens (including phenoxy) is 6. The van der Waals surface area contributed by atoms with Crippen LogP contribution in [0.2, 0.25) is 0 Å². The average Bonchev–Trinajstić information content (AvgIpc) is 3.30. The lowest BCUT2D eigenvalue weighted by Gasteiger charge is -2.27. The number of ketones is 1. The monoisotopic (exact) mass is 665 g/mol. The van der Waals surface area contributed by atoms with Crippen molar-refractivity contribution in [3.8, 4) is 0 Å². The summed E-state index contributed by atoms with van der Waals surface area (Å²) in [6.45, 7) is 3.52. The van der Waals surface area contributed by atoms with Gasteiger partial charge in [0, 0.05) is 25.1 Å². The van der Waals surface area contributed by atoms with Crippen LogP contribution in [-0.4, -0.2) is 137 Å². The number of amides is 4. The number of anilines is 1. The second kappa shape index (κ2) is 20.1. The van der Waals surface area contributed by atoms with Gasteiger partial charge >= 0.3 is 11.9 Å². The molecule has 2 aliphatic heterocycles. The number of carboxylic acids is 1. The molecule has 1 fully saturated rings. The first kappa shape index (κ1) is 37.2. The maximum atomic E-state index is 13.1. The fraction of sp³-hybridized carbons (Fsp3) is 0.567. The third-order valence-electron chi connectivity index (χ3n) is 6.80. The third-order valence-corrected chi connectivity index (χ3v) is 6.80. The number of fused-ring (bicyclic) bond motifs is 1. The van der Waals surface area contributed by atoms with Gasteiger partial charge in [-0.1, -0.05) is 6.07 Å². The summed E-state index contributed by atoms with van der Waals surface area (Å²) in [5.74, 6) is -5.53. The Bertz CT molecular complexity index is 1290. The van der Waals surface area contributed by atoms with Gasteiger partial charge in [-0.05, 0) is 18.6 Å². The largest absolute Gasteiger partial charge is 0.476 e. The number of Topliss-reactive ketones (excluding diaryl/α,β-unsaturated/α-hetero) is 1. The van der Waals surface area contributed by atoms with Gasteiger partial charge in [0.15, 0.2) is 0 Å². The van der Waals surface area contributed by atoms with E-state index in [1.165, 1.54) is 6.07 Å². The summed E-state index contributed by atoms with van der Waals surface area (Å²) in [6.07, 6.45) is -0.561. The van der Waals surface area contributed by atoms with Crippen molar-refractivity contribution in [2.45, 2.75) is 31.7 Å². The molecule has 2 aliphatic rings. The summed E-state index contributed by atoms with van der Waals surface area (Å²) >= 11 is 0. The van der Waals surface area contributed by atoms with Crippen molar-refractivity contribution in [3.05, 3.63) is 29.3 Å². The molecule has 0 spiro atoms. The molecular weight excluding hydrogens is 626 g/mol. The Hall–Kier alpha value is -4.29. The van der Waals surface area contributed by atoms with Crippen LogP contribution in [0.5, 0.6) is 0 Å². The predicted molar refractivity (Wildman–Crippen MR) is 159 cm³/mol. The molecule has 1 saturated heterocycles. The van der Waals surface area contributed by atoms with Gasteiger partial charge in [0.1, 0.15) is 12.6 Å². The summed E-state index contributed by atoms with van der Waals surface area (Å²) in [5, 5.41) is 13.7. The van der Waals surface area contributed by atoms with Crippen molar-refractivity contribution in [1.82, 2.24) is 10.2 Å². The molecule has 1 aromatic rings. The fourth-order valence-corrected chi connectivity index (χ4v) is 4.51. The van der Waals surface area contributed by atoms with E-state index in [1.54, 1.807) is 12.1 Å². The zero-order chi connectivity index (χ0) is 34.0. The van der Waals surface area contributed by atoms with Gasteiger partial charge in [-0.25, -0.2) is 4.79 Å². The average molecular weight is 666 g/mol. The lowest BCUT2D eigenvalue weighted by molar-refractivity contribution is -0.151. The number of carbonyl (C=O) groups excluding carboxylic acids is 6. The van der Waals surface area contributed by atoms with E-state index >= 15 is 0 Å². The van der Waals surface area contributed by atoms with Gasteiger partial charge < -0.3 is 38.8 Å². The molecule has 258 valence electrons. The summed E-state index contributed by atoms with van der Waals surface area (Å²) in [5.41, 5.74) is 0.842. The number of hydrogen-bond acceptors (Lipinski definition) is 14. The highest BCUT2D eigenvalue weighted by atomic mass is 16.6. The Morgan fingerprint density at radius 3 is 1.94 bits per heavy atom. The van der Waals surface area contributed by atoms with E-state index in [0.29, 0.717) is 65.1 Å². The van der Waals surface area contributed by atoms with Gasteiger partial charge in [-0.15, -0.1) is 0 Å². The molecular formula is C30H39N3O14. The van der Waals surface area contributed by atoms with Crippen molar-refractivity contribution in [3.63, 3.8) is 0 Å². The fourth-order valence-electron chi connectivity index (χ4n) is 4.51. The van der Waals surface area contributed by atoms with Gasteiger partial charge in [0.2, 0.25) is 17.6 Å². The number of carboxylic acid groups (broad SMARTS) is 1. The third kappa shape index (κ3) is 12.1. The Labute approximate surface area is 270 Å². The summed E-state index contributed by atoms with van der Waals surface area (Å²) in [7, 11) is 0. The number of rotatable bonds is 24. The summed E-state index contributed by atoms with van der Waals surface area (Å²) in [4.78, 5) is 83.3. The molecule has 4 amide bonds.